The molecule has 4 rings (SSSR count). The highest BCUT2D eigenvalue weighted by Crippen LogP contribution is 2.30. The second kappa shape index (κ2) is 12.1. The molecule has 1 amide bonds. The number of benzene rings is 3. The standard InChI is InChI=1S/C29H31F3N2O2.H2/c1-2-34-16-14-21(15-17-34)22-8-12-26(31)28(18-22)33-29(35)5-3-4-20-6-9-23(10-7-20)36-24-11-13-25(30)27(32)19-24;/h6-13,18-19,21H,2-5,14-17H2,1H3,(H,33,35);1H. The van der Waals surface area contributed by atoms with E-state index in [0.717, 1.165) is 55.7 Å². The number of hydrogen-bond acceptors (Lipinski definition) is 3. The molecular formula is C29H33F3N2O2. The molecule has 1 N–H and O–H groups in total. The summed E-state index contributed by atoms with van der Waals surface area (Å²) in [5, 5.41) is 2.74. The van der Waals surface area contributed by atoms with Crippen LogP contribution in [-0.4, -0.2) is 30.4 Å². The Morgan fingerprint density at radius 3 is 2.33 bits per heavy atom. The third-order valence-electron chi connectivity index (χ3n) is 6.69. The number of amides is 1. The van der Waals surface area contributed by atoms with Gasteiger partial charge in [-0.05, 0) is 98.8 Å². The maximum atomic E-state index is 14.4. The number of piperidine rings is 1. The molecule has 1 heterocycles. The number of aryl methyl sites for hydroxylation is 1. The van der Waals surface area contributed by atoms with Crippen molar-refractivity contribution in [2.75, 3.05) is 25.0 Å². The molecule has 0 saturated carbocycles. The topological polar surface area (TPSA) is 41.6 Å². The number of ether oxygens (including phenoxy) is 1. The number of nitrogens with one attached hydrogen (secondary N) is 1. The number of halogens is 3. The normalized spacial score (nSPS) is 14.6. The van der Waals surface area contributed by atoms with Crippen molar-refractivity contribution in [2.45, 2.75) is 44.9 Å². The summed E-state index contributed by atoms with van der Waals surface area (Å²) in [4.78, 5) is 14.9. The van der Waals surface area contributed by atoms with Crippen LogP contribution in [0.3, 0.4) is 0 Å². The Labute approximate surface area is 211 Å². The quantitative estimate of drug-likeness (QED) is 0.337. The van der Waals surface area contributed by atoms with Crippen LogP contribution in [0.1, 0.15) is 51.1 Å². The molecule has 3 aromatic carbocycles. The van der Waals surface area contributed by atoms with E-state index in [-0.39, 0.29) is 25.2 Å². The Morgan fingerprint density at radius 1 is 0.944 bits per heavy atom. The molecule has 1 aliphatic heterocycles. The van der Waals surface area contributed by atoms with Crippen molar-refractivity contribution in [3.8, 4) is 11.5 Å². The summed E-state index contributed by atoms with van der Waals surface area (Å²) < 4.78 is 46.3. The lowest BCUT2D eigenvalue weighted by Gasteiger charge is -2.31. The van der Waals surface area contributed by atoms with Gasteiger partial charge in [0, 0.05) is 13.9 Å². The lowest BCUT2D eigenvalue weighted by atomic mass is 9.89. The minimum absolute atomic E-state index is 0. The average Bonchev–Trinajstić information content (AvgIpc) is 2.89. The number of rotatable bonds is 9. The predicted octanol–water partition coefficient (Wildman–Crippen LogP) is 7.30. The number of likely N-dealkylation sites (tertiary alicyclic amines) is 1. The van der Waals surface area contributed by atoms with Crippen LogP contribution < -0.4 is 10.1 Å². The number of hydrogen-bond donors (Lipinski definition) is 1. The molecule has 3 aromatic rings. The minimum Gasteiger partial charge on any atom is -0.457 e. The largest absolute Gasteiger partial charge is 0.457 e. The zero-order valence-electron chi connectivity index (χ0n) is 20.4. The molecule has 0 aliphatic carbocycles. The first-order valence-electron chi connectivity index (χ1n) is 12.4. The summed E-state index contributed by atoms with van der Waals surface area (Å²) in [6.07, 6.45) is 3.62. The third kappa shape index (κ3) is 6.88. The Hall–Kier alpha value is -3.32. The molecule has 1 aliphatic rings. The van der Waals surface area contributed by atoms with Crippen LogP contribution in [0.25, 0.3) is 0 Å². The number of carbonyl (C=O) groups is 1. The zero-order valence-corrected chi connectivity index (χ0v) is 20.4. The van der Waals surface area contributed by atoms with Gasteiger partial charge in [0.1, 0.15) is 17.3 Å². The van der Waals surface area contributed by atoms with E-state index in [9.17, 15) is 18.0 Å². The molecule has 4 nitrogen and oxygen atoms in total. The Balaban J connectivity index is 0.00000380. The van der Waals surface area contributed by atoms with Gasteiger partial charge in [0.15, 0.2) is 11.6 Å². The molecule has 192 valence electrons. The molecule has 0 spiro atoms. The fourth-order valence-corrected chi connectivity index (χ4v) is 4.54. The molecule has 0 atom stereocenters. The van der Waals surface area contributed by atoms with Gasteiger partial charge in [0.05, 0.1) is 5.69 Å². The molecular weight excluding hydrogens is 465 g/mol. The fraction of sp³-hybridized carbons (Fsp3) is 0.345. The van der Waals surface area contributed by atoms with Gasteiger partial charge in [0.25, 0.3) is 0 Å². The van der Waals surface area contributed by atoms with Crippen LogP contribution in [0.4, 0.5) is 18.9 Å². The minimum atomic E-state index is -0.966. The predicted molar refractivity (Wildman–Crippen MR) is 137 cm³/mol. The highest BCUT2D eigenvalue weighted by molar-refractivity contribution is 5.90. The van der Waals surface area contributed by atoms with Crippen molar-refractivity contribution in [2.24, 2.45) is 0 Å². The van der Waals surface area contributed by atoms with E-state index in [1.807, 2.05) is 18.2 Å². The van der Waals surface area contributed by atoms with Crippen LogP contribution >= 0.6 is 0 Å². The summed E-state index contributed by atoms with van der Waals surface area (Å²) in [5.74, 6) is -1.44. The molecule has 7 heteroatoms. The van der Waals surface area contributed by atoms with Gasteiger partial charge in [-0.2, -0.15) is 0 Å². The SMILES string of the molecule is CCN1CCC(c2ccc(F)c(NC(=O)CCCc3ccc(Oc4ccc(F)c(F)c4)cc3)c2)CC1.[HH]. The van der Waals surface area contributed by atoms with Gasteiger partial charge in [-0.15, -0.1) is 0 Å². The van der Waals surface area contributed by atoms with E-state index in [2.05, 4.69) is 17.1 Å². The maximum absolute atomic E-state index is 14.4. The molecule has 0 radical (unpaired) electrons. The Bertz CT molecular complexity index is 1180. The van der Waals surface area contributed by atoms with E-state index in [0.29, 0.717) is 24.5 Å². The van der Waals surface area contributed by atoms with Gasteiger partial charge in [-0.25, -0.2) is 13.2 Å². The second-order valence-corrected chi connectivity index (χ2v) is 9.17. The Morgan fingerprint density at radius 2 is 1.64 bits per heavy atom. The summed E-state index contributed by atoms with van der Waals surface area (Å²) in [7, 11) is 0. The summed E-state index contributed by atoms with van der Waals surface area (Å²) in [6.45, 7) is 5.29. The first-order valence-corrected chi connectivity index (χ1v) is 12.4. The zero-order chi connectivity index (χ0) is 25.5. The van der Waals surface area contributed by atoms with E-state index >= 15 is 0 Å². The van der Waals surface area contributed by atoms with Crippen LogP contribution in [0.5, 0.6) is 11.5 Å². The van der Waals surface area contributed by atoms with Crippen molar-refractivity contribution in [1.82, 2.24) is 4.90 Å². The van der Waals surface area contributed by atoms with Gasteiger partial charge in [-0.1, -0.05) is 25.1 Å². The van der Waals surface area contributed by atoms with E-state index in [1.54, 1.807) is 18.2 Å². The Kier molecular flexibility index (Phi) is 8.65. The van der Waals surface area contributed by atoms with Gasteiger partial charge >= 0.3 is 0 Å². The van der Waals surface area contributed by atoms with Crippen molar-refractivity contribution >= 4 is 11.6 Å². The molecule has 1 saturated heterocycles. The lowest BCUT2D eigenvalue weighted by molar-refractivity contribution is -0.116. The van der Waals surface area contributed by atoms with Crippen LogP contribution in [0.2, 0.25) is 0 Å². The second-order valence-electron chi connectivity index (χ2n) is 9.17. The summed E-state index contributed by atoms with van der Waals surface area (Å²) in [6, 6.07) is 15.6. The van der Waals surface area contributed by atoms with Crippen LogP contribution in [0, 0.1) is 17.5 Å². The van der Waals surface area contributed by atoms with Gasteiger partial charge in [0.2, 0.25) is 5.91 Å². The number of anilines is 1. The summed E-state index contributed by atoms with van der Waals surface area (Å²) >= 11 is 0. The van der Waals surface area contributed by atoms with Crippen molar-refractivity contribution in [3.05, 3.63) is 89.2 Å². The first-order chi connectivity index (χ1) is 17.4. The van der Waals surface area contributed by atoms with Crippen molar-refractivity contribution in [3.63, 3.8) is 0 Å². The van der Waals surface area contributed by atoms with E-state index in [4.69, 9.17) is 4.74 Å². The molecule has 0 bridgehead atoms. The number of nitrogens with zero attached hydrogens (tertiary/aromatic N) is 1. The van der Waals surface area contributed by atoms with E-state index < -0.39 is 17.5 Å². The molecule has 36 heavy (non-hydrogen) atoms. The molecule has 1 fully saturated rings. The monoisotopic (exact) mass is 498 g/mol. The van der Waals surface area contributed by atoms with E-state index in [1.165, 1.54) is 12.1 Å². The fourth-order valence-electron chi connectivity index (χ4n) is 4.54. The number of carbonyl (C=O) groups excluding carboxylic acids is 1. The third-order valence-corrected chi connectivity index (χ3v) is 6.69. The summed E-state index contributed by atoms with van der Waals surface area (Å²) in [5.41, 5.74) is 2.33. The van der Waals surface area contributed by atoms with Gasteiger partial charge < -0.3 is 15.0 Å². The highest BCUT2D eigenvalue weighted by atomic mass is 19.2. The highest BCUT2D eigenvalue weighted by Gasteiger charge is 2.21. The van der Waals surface area contributed by atoms with Crippen LogP contribution in [-0.2, 0) is 11.2 Å². The van der Waals surface area contributed by atoms with Crippen molar-refractivity contribution in [1.29, 1.82) is 0 Å². The van der Waals surface area contributed by atoms with Crippen molar-refractivity contribution < 1.29 is 24.1 Å². The smallest absolute Gasteiger partial charge is 0.224 e. The van der Waals surface area contributed by atoms with Gasteiger partial charge in [-0.3, -0.25) is 4.79 Å². The first kappa shape index (κ1) is 25.8. The molecule has 0 aromatic heterocycles. The lowest BCUT2D eigenvalue weighted by Crippen LogP contribution is -2.32. The average molecular weight is 499 g/mol. The van der Waals surface area contributed by atoms with Crippen LogP contribution in [0.15, 0.2) is 60.7 Å². The maximum Gasteiger partial charge on any atom is 0.224 e. The molecule has 0 unspecified atom stereocenters.